The van der Waals surface area contributed by atoms with Crippen LogP contribution in [0.2, 0.25) is 0 Å². The van der Waals surface area contributed by atoms with Gasteiger partial charge in [-0.3, -0.25) is 0 Å². The van der Waals surface area contributed by atoms with E-state index in [2.05, 4.69) is 9.97 Å². The Kier molecular flexibility index (Phi) is 3.74. The Hall–Kier alpha value is -1.64. The second kappa shape index (κ2) is 5.16. The van der Waals surface area contributed by atoms with E-state index in [9.17, 15) is 8.42 Å². The molecule has 0 aliphatic rings. The number of rotatable bonds is 3. The maximum absolute atomic E-state index is 11.4. The highest BCUT2D eigenvalue weighted by atomic mass is 32.2. The largest absolute Gasteiger partial charge is 0.397 e. The molecule has 0 bridgehead atoms. The molecule has 0 unspecified atom stereocenters. The monoisotopic (exact) mass is 296 g/mol. The van der Waals surface area contributed by atoms with Crippen LogP contribution in [0.3, 0.4) is 0 Å². The average molecular weight is 296 g/mol. The molecule has 8 heteroatoms. The SMILES string of the molecule is Cc1ccnc(Sc2cccc(S(N)(=O)=O)c2N)n1. The topological polar surface area (TPSA) is 112 Å². The van der Waals surface area contributed by atoms with Crippen molar-refractivity contribution in [3.8, 4) is 0 Å². The molecule has 0 aliphatic carbocycles. The van der Waals surface area contributed by atoms with E-state index in [-0.39, 0.29) is 10.6 Å². The molecule has 100 valence electrons. The van der Waals surface area contributed by atoms with Gasteiger partial charge in [-0.1, -0.05) is 6.07 Å². The van der Waals surface area contributed by atoms with Gasteiger partial charge in [-0.15, -0.1) is 0 Å². The van der Waals surface area contributed by atoms with Gasteiger partial charge in [-0.05, 0) is 36.9 Å². The summed E-state index contributed by atoms with van der Waals surface area (Å²) in [7, 11) is -3.84. The van der Waals surface area contributed by atoms with Crippen molar-refractivity contribution in [3.05, 3.63) is 36.2 Å². The second-order valence-corrected chi connectivity index (χ2v) is 6.33. The van der Waals surface area contributed by atoms with Gasteiger partial charge in [0.15, 0.2) is 5.16 Å². The third kappa shape index (κ3) is 3.22. The molecule has 0 radical (unpaired) electrons. The van der Waals surface area contributed by atoms with Crippen LogP contribution in [0.25, 0.3) is 0 Å². The molecule has 2 aromatic rings. The molecule has 0 saturated heterocycles. The number of benzene rings is 1. The van der Waals surface area contributed by atoms with Crippen molar-refractivity contribution in [1.82, 2.24) is 9.97 Å². The van der Waals surface area contributed by atoms with Gasteiger partial charge in [0.25, 0.3) is 0 Å². The third-order valence-corrected chi connectivity index (χ3v) is 4.23. The van der Waals surface area contributed by atoms with Crippen molar-refractivity contribution in [2.75, 3.05) is 5.73 Å². The molecule has 0 saturated carbocycles. The van der Waals surface area contributed by atoms with E-state index in [4.69, 9.17) is 10.9 Å². The van der Waals surface area contributed by atoms with Crippen LogP contribution >= 0.6 is 11.8 Å². The lowest BCUT2D eigenvalue weighted by Gasteiger charge is -2.08. The van der Waals surface area contributed by atoms with Crippen LogP contribution in [0, 0.1) is 6.92 Å². The highest BCUT2D eigenvalue weighted by molar-refractivity contribution is 7.99. The van der Waals surface area contributed by atoms with E-state index in [0.717, 1.165) is 5.69 Å². The van der Waals surface area contributed by atoms with Gasteiger partial charge in [-0.2, -0.15) is 0 Å². The van der Waals surface area contributed by atoms with E-state index < -0.39 is 10.0 Å². The minimum absolute atomic E-state index is 0.0925. The van der Waals surface area contributed by atoms with Crippen LogP contribution in [0.5, 0.6) is 0 Å². The minimum Gasteiger partial charge on any atom is -0.397 e. The van der Waals surface area contributed by atoms with Crippen LogP contribution in [0.4, 0.5) is 5.69 Å². The Balaban J connectivity index is 2.42. The molecule has 0 spiro atoms. The number of anilines is 1. The number of hydrogen-bond donors (Lipinski definition) is 2. The molecule has 0 fully saturated rings. The number of nitrogens with zero attached hydrogens (tertiary/aromatic N) is 2. The normalized spacial score (nSPS) is 11.5. The minimum atomic E-state index is -3.84. The maximum atomic E-state index is 11.4. The van der Waals surface area contributed by atoms with E-state index in [1.165, 1.54) is 17.8 Å². The van der Waals surface area contributed by atoms with Gasteiger partial charge in [0.05, 0.1) is 5.69 Å². The summed E-state index contributed by atoms with van der Waals surface area (Å²) in [6.45, 7) is 1.84. The summed E-state index contributed by atoms with van der Waals surface area (Å²) in [6, 6.07) is 6.41. The van der Waals surface area contributed by atoms with Crippen molar-refractivity contribution in [3.63, 3.8) is 0 Å². The fourth-order valence-electron chi connectivity index (χ4n) is 1.43. The number of nitrogens with two attached hydrogens (primary N) is 2. The van der Waals surface area contributed by atoms with Crippen molar-refractivity contribution >= 4 is 27.5 Å². The fraction of sp³-hybridized carbons (Fsp3) is 0.0909. The van der Waals surface area contributed by atoms with Crippen LogP contribution in [0.15, 0.2) is 45.4 Å². The van der Waals surface area contributed by atoms with Crippen molar-refractivity contribution < 1.29 is 8.42 Å². The Labute approximate surface area is 115 Å². The van der Waals surface area contributed by atoms with Crippen LogP contribution in [-0.2, 0) is 10.0 Å². The molecular weight excluding hydrogens is 284 g/mol. The highest BCUT2D eigenvalue weighted by Crippen LogP contribution is 2.33. The molecule has 2 rings (SSSR count). The lowest BCUT2D eigenvalue weighted by Crippen LogP contribution is -2.14. The molecule has 0 atom stereocenters. The lowest BCUT2D eigenvalue weighted by atomic mass is 10.3. The summed E-state index contributed by atoms with van der Waals surface area (Å²) in [5, 5.41) is 5.59. The van der Waals surface area contributed by atoms with E-state index in [1.807, 2.05) is 6.92 Å². The zero-order valence-electron chi connectivity index (χ0n) is 10.1. The number of sulfonamides is 1. The summed E-state index contributed by atoms with van der Waals surface area (Å²) in [6.07, 6.45) is 1.63. The maximum Gasteiger partial charge on any atom is 0.240 e. The number of nitrogen functional groups attached to an aromatic ring is 1. The fourth-order valence-corrected chi connectivity index (χ4v) is 3.05. The molecule has 1 aromatic heterocycles. The summed E-state index contributed by atoms with van der Waals surface area (Å²) in [4.78, 5) is 8.76. The molecular formula is C11H12N4O2S2. The molecule has 1 heterocycles. The predicted molar refractivity (Wildman–Crippen MR) is 73.1 cm³/mol. The average Bonchev–Trinajstić information content (AvgIpc) is 2.30. The van der Waals surface area contributed by atoms with Gasteiger partial charge >= 0.3 is 0 Å². The predicted octanol–water partition coefficient (Wildman–Crippen LogP) is 1.17. The first kappa shape index (κ1) is 13.8. The summed E-state index contributed by atoms with van der Waals surface area (Å²) >= 11 is 1.19. The van der Waals surface area contributed by atoms with Crippen molar-refractivity contribution in [2.45, 2.75) is 21.9 Å². The molecule has 4 N–H and O–H groups in total. The first-order valence-corrected chi connectivity index (χ1v) is 7.63. The molecule has 19 heavy (non-hydrogen) atoms. The zero-order valence-corrected chi connectivity index (χ0v) is 11.7. The van der Waals surface area contributed by atoms with E-state index in [0.29, 0.717) is 10.1 Å². The Bertz CT molecular complexity index is 716. The molecule has 0 aliphatic heterocycles. The number of primary sulfonamides is 1. The van der Waals surface area contributed by atoms with Crippen molar-refractivity contribution in [2.24, 2.45) is 5.14 Å². The van der Waals surface area contributed by atoms with E-state index in [1.54, 1.807) is 24.4 Å². The Morgan fingerprint density at radius 3 is 2.63 bits per heavy atom. The van der Waals surface area contributed by atoms with Gasteiger partial charge in [-0.25, -0.2) is 23.5 Å². The summed E-state index contributed by atoms with van der Waals surface area (Å²) in [5.41, 5.74) is 6.75. The number of hydrogen-bond acceptors (Lipinski definition) is 6. The van der Waals surface area contributed by atoms with Gasteiger partial charge in [0, 0.05) is 16.8 Å². The Morgan fingerprint density at radius 2 is 2.00 bits per heavy atom. The molecule has 1 aromatic carbocycles. The number of aryl methyl sites for hydroxylation is 1. The summed E-state index contributed by atoms with van der Waals surface area (Å²) < 4.78 is 22.7. The second-order valence-electron chi connectivity index (χ2n) is 3.80. The van der Waals surface area contributed by atoms with Crippen LogP contribution in [0.1, 0.15) is 5.69 Å². The molecule has 6 nitrogen and oxygen atoms in total. The smallest absolute Gasteiger partial charge is 0.240 e. The highest BCUT2D eigenvalue weighted by Gasteiger charge is 2.15. The third-order valence-electron chi connectivity index (χ3n) is 2.31. The zero-order chi connectivity index (χ0) is 14.0. The van der Waals surface area contributed by atoms with Gasteiger partial charge in [0.2, 0.25) is 10.0 Å². The number of para-hydroxylation sites is 1. The molecule has 0 amide bonds. The standard InChI is InChI=1S/C11H12N4O2S2/c1-7-5-6-14-11(15-7)18-8-3-2-4-9(10(8)12)19(13,16)17/h2-6H,12H2,1H3,(H2,13,16,17). The lowest BCUT2D eigenvalue weighted by molar-refractivity contribution is 0.598. The van der Waals surface area contributed by atoms with Crippen LogP contribution in [-0.4, -0.2) is 18.4 Å². The van der Waals surface area contributed by atoms with Gasteiger partial charge in [0.1, 0.15) is 4.90 Å². The summed E-state index contributed by atoms with van der Waals surface area (Å²) in [5.74, 6) is 0. The van der Waals surface area contributed by atoms with Crippen molar-refractivity contribution in [1.29, 1.82) is 0 Å². The quantitative estimate of drug-likeness (QED) is 0.649. The first-order valence-electron chi connectivity index (χ1n) is 5.27. The van der Waals surface area contributed by atoms with E-state index >= 15 is 0 Å². The number of aromatic nitrogens is 2. The van der Waals surface area contributed by atoms with Gasteiger partial charge < -0.3 is 5.73 Å². The Morgan fingerprint density at radius 1 is 1.26 bits per heavy atom. The van der Waals surface area contributed by atoms with Crippen LogP contribution < -0.4 is 10.9 Å². The first-order chi connectivity index (χ1) is 8.88.